The predicted octanol–water partition coefficient (Wildman–Crippen LogP) is 4.86. The molecule has 1 atom stereocenters. The summed E-state index contributed by atoms with van der Waals surface area (Å²) in [5.41, 5.74) is 3.89. The van der Waals surface area contributed by atoms with Crippen molar-refractivity contribution in [1.29, 1.82) is 0 Å². The lowest BCUT2D eigenvalue weighted by atomic mass is 9.33. The number of hydrogen-bond donors (Lipinski definition) is 1. The Hall–Kier alpha value is -3.16. The van der Waals surface area contributed by atoms with Crippen molar-refractivity contribution in [3.8, 4) is 0 Å². The van der Waals surface area contributed by atoms with E-state index in [-0.39, 0.29) is 22.8 Å². The summed E-state index contributed by atoms with van der Waals surface area (Å²) >= 11 is 0. The lowest BCUT2D eigenvalue weighted by molar-refractivity contribution is -0.198. The highest BCUT2D eigenvalue weighted by Crippen LogP contribution is 2.74. The number of amides is 1. The topological polar surface area (TPSA) is 104 Å². The van der Waals surface area contributed by atoms with Crippen molar-refractivity contribution in [1.82, 2.24) is 15.5 Å². The van der Waals surface area contributed by atoms with Crippen LogP contribution in [-0.2, 0) is 19.7 Å². The van der Waals surface area contributed by atoms with Crippen LogP contribution in [0, 0.1) is 12.3 Å². The average molecular weight is 452 g/mol. The smallest absolute Gasteiger partial charge is 0.408 e. The Kier molecular flexibility index (Phi) is 4.54. The van der Waals surface area contributed by atoms with Gasteiger partial charge in [-0.15, -0.1) is 5.10 Å². The van der Waals surface area contributed by atoms with Crippen LogP contribution in [0.1, 0.15) is 69.7 Å². The monoisotopic (exact) mass is 451 g/mol. The Balaban J connectivity index is 1.53. The highest BCUT2D eigenvalue weighted by atomic mass is 16.6. The number of benzene rings is 1. The summed E-state index contributed by atoms with van der Waals surface area (Å²) in [5.74, 6) is -0.132. The molecule has 1 amide bonds. The lowest BCUT2D eigenvalue weighted by Gasteiger charge is -2.68. The number of fused-ring (bicyclic) bond motifs is 3. The Labute approximate surface area is 192 Å². The molecule has 1 aromatic carbocycles. The summed E-state index contributed by atoms with van der Waals surface area (Å²) < 4.78 is 16.8. The Morgan fingerprint density at radius 1 is 1.18 bits per heavy atom. The van der Waals surface area contributed by atoms with E-state index >= 15 is 0 Å². The fraction of sp³-hybridized carbons (Fsp3) is 0.520. The summed E-state index contributed by atoms with van der Waals surface area (Å²) in [6.07, 6.45) is 3.51. The van der Waals surface area contributed by atoms with Crippen molar-refractivity contribution in [2.24, 2.45) is 5.41 Å². The quantitative estimate of drug-likeness (QED) is 0.565. The molecule has 2 bridgehead atoms. The number of aryl methyl sites for hydroxylation is 1. The fourth-order valence-electron chi connectivity index (χ4n) is 5.62. The maximum absolute atomic E-state index is 12.4. The number of alkyl carbamates (subject to hydrolysis) is 1. The van der Waals surface area contributed by atoms with E-state index in [2.05, 4.69) is 15.5 Å². The third-order valence-corrected chi connectivity index (χ3v) is 6.95. The zero-order valence-electron chi connectivity index (χ0n) is 19.9. The van der Waals surface area contributed by atoms with Crippen LogP contribution in [0.2, 0.25) is 0 Å². The minimum atomic E-state index is -0.583. The van der Waals surface area contributed by atoms with E-state index in [1.807, 2.05) is 46.8 Å². The first-order valence-electron chi connectivity index (χ1n) is 11.2. The van der Waals surface area contributed by atoms with Crippen molar-refractivity contribution >= 4 is 34.1 Å². The molecule has 2 heterocycles. The molecule has 0 spiro atoms. The average Bonchev–Trinajstić information content (AvgIpc) is 3.02. The molecule has 174 valence electrons. The summed E-state index contributed by atoms with van der Waals surface area (Å²) in [7, 11) is 1.44. The number of rotatable bonds is 4. The molecule has 0 unspecified atom stereocenters. The van der Waals surface area contributed by atoms with E-state index in [1.54, 1.807) is 6.20 Å². The standard InChI is InChI=1S/C25H29N3O5/c1-13-7-15(14(2)27-22(30)33-23(3,4)5)19-16(8-13)18-20(32-19)17(9-26-28-18)24-10-25(11-24,12-24)21(29)31-6/h7-9,14H,10-12H2,1-6H3,(H,27,30)/t14-,24?,25?/m1/s1. The number of nitrogens with zero attached hydrogens (tertiary/aromatic N) is 2. The van der Waals surface area contributed by atoms with Crippen LogP contribution >= 0.6 is 0 Å². The number of ether oxygens (including phenoxy) is 2. The number of furan rings is 1. The summed E-state index contributed by atoms with van der Waals surface area (Å²) in [6, 6.07) is 3.70. The number of methoxy groups -OCH3 is 1. The maximum Gasteiger partial charge on any atom is 0.408 e. The molecule has 2 aromatic heterocycles. The third-order valence-electron chi connectivity index (χ3n) is 6.95. The summed E-state index contributed by atoms with van der Waals surface area (Å²) in [5, 5.41) is 12.4. The first kappa shape index (κ1) is 21.7. The van der Waals surface area contributed by atoms with Gasteiger partial charge >= 0.3 is 12.1 Å². The van der Waals surface area contributed by atoms with Crippen LogP contribution in [0.3, 0.4) is 0 Å². The Bertz CT molecular complexity index is 1280. The van der Waals surface area contributed by atoms with Crippen molar-refractivity contribution < 1.29 is 23.5 Å². The molecule has 33 heavy (non-hydrogen) atoms. The first-order valence-corrected chi connectivity index (χ1v) is 11.2. The first-order chi connectivity index (χ1) is 15.5. The van der Waals surface area contributed by atoms with Crippen molar-refractivity contribution in [2.75, 3.05) is 7.11 Å². The largest absolute Gasteiger partial charge is 0.469 e. The van der Waals surface area contributed by atoms with Gasteiger partial charge in [-0.2, -0.15) is 5.10 Å². The van der Waals surface area contributed by atoms with E-state index in [4.69, 9.17) is 13.9 Å². The van der Waals surface area contributed by atoms with E-state index < -0.39 is 11.7 Å². The molecule has 3 aliphatic carbocycles. The van der Waals surface area contributed by atoms with Gasteiger partial charge in [-0.05, 0) is 65.5 Å². The molecule has 8 heteroatoms. The van der Waals surface area contributed by atoms with Gasteiger partial charge in [0.1, 0.15) is 16.7 Å². The van der Waals surface area contributed by atoms with Gasteiger partial charge in [0.05, 0.1) is 24.8 Å². The fourth-order valence-corrected chi connectivity index (χ4v) is 5.62. The normalized spacial score (nSPS) is 24.7. The zero-order chi connectivity index (χ0) is 23.8. The van der Waals surface area contributed by atoms with Crippen LogP contribution in [0.15, 0.2) is 22.7 Å². The van der Waals surface area contributed by atoms with Crippen molar-refractivity contribution in [3.05, 3.63) is 35.0 Å². The second-order valence-electron chi connectivity index (χ2n) is 10.7. The lowest BCUT2D eigenvalue weighted by Crippen LogP contribution is -2.68. The van der Waals surface area contributed by atoms with Crippen LogP contribution in [-0.4, -0.2) is 35.0 Å². The molecule has 1 N–H and O–H groups in total. The molecule has 8 nitrogen and oxygen atoms in total. The molecule has 3 aromatic rings. The second-order valence-corrected chi connectivity index (χ2v) is 10.7. The Morgan fingerprint density at radius 2 is 1.88 bits per heavy atom. The number of aromatic nitrogens is 2. The summed E-state index contributed by atoms with van der Waals surface area (Å²) in [6.45, 7) is 9.39. The molecular weight excluding hydrogens is 422 g/mol. The van der Waals surface area contributed by atoms with Gasteiger partial charge < -0.3 is 19.2 Å². The molecule has 6 rings (SSSR count). The zero-order valence-corrected chi connectivity index (χ0v) is 19.9. The van der Waals surface area contributed by atoms with Crippen LogP contribution in [0.25, 0.3) is 22.1 Å². The highest BCUT2D eigenvalue weighted by molar-refractivity contribution is 6.05. The van der Waals surface area contributed by atoms with Crippen LogP contribution < -0.4 is 5.32 Å². The van der Waals surface area contributed by atoms with Gasteiger partial charge in [0.15, 0.2) is 5.58 Å². The van der Waals surface area contributed by atoms with Crippen LogP contribution in [0.5, 0.6) is 0 Å². The van der Waals surface area contributed by atoms with Gasteiger partial charge in [0.2, 0.25) is 0 Å². The number of esters is 1. The van der Waals surface area contributed by atoms with Gasteiger partial charge in [-0.1, -0.05) is 6.07 Å². The van der Waals surface area contributed by atoms with Gasteiger partial charge in [0, 0.05) is 21.9 Å². The molecule has 0 radical (unpaired) electrons. The van der Waals surface area contributed by atoms with E-state index in [0.717, 1.165) is 41.3 Å². The van der Waals surface area contributed by atoms with E-state index in [9.17, 15) is 9.59 Å². The minimum absolute atomic E-state index is 0.119. The Morgan fingerprint density at radius 3 is 2.52 bits per heavy atom. The minimum Gasteiger partial charge on any atom is -0.469 e. The predicted molar refractivity (Wildman–Crippen MR) is 122 cm³/mol. The van der Waals surface area contributed by atoms with Gasteiger partial charge in [0.25, 0.3) is 0 Å². The highest BCUT2D eigenvalue weighted by Gasteiger charge is 2.73. The maximum atomic E-state index is 12.4. The second kappa shape index (κ2) is 6.92. The van der Waals surface area contributed by atoms with Gasteiger partial charge in [-0.25, -0.2) is 4.79 Å². The van der Waals surface area contributed by atoms with Gasteiger partial charge in [-0.3, -0.25) is 4.79 Å². The molecular formula is C25H29N3O5. The number of hydrogen-bond acceptors (Lipinski definition) is 7. The van der Waals surface area contributed by atoms with E-state index in [0.29, 0.717) is 16.7 Å². The van der Waals surface area contributed by atoms with Crippen molar-refractivity contribution in [3.63, 3.8) is 0 Å². The number of carbonyl (C=O) groups is 2. The van der Waals surface area contributed by atoms with E-state index in [1.165, 1.54) is 7.11 Å². The van der Waals surface area contributed by atoms with Crippen molar-refractivity contribution in [2.45, 2.75) is 70.9 Å². The molecule has 0 aliphatic heterocycles. The molecule has 3 aliphatic rings. The number of carbonyl (C=O) groups excluding carboxylic acids is 2. The summed E-state index contributed by atoms with van der Waals surface area (Å²) in [4.78, 5) is 24.5. The number of nitrogens with one attached hydrogen (secondary N) is 1. The molecule has 3 saturated carbocycles. The molecule has 3 fully saturated rings. The SMILES string of the molecule is COC(=O)C12CC(c3cnnc4c3oc3c([C@@H](C)NC(=O)OC(C)(C)C)cc(C)cc34)(C1)C2. The van der Waals surface area contributed by atoms with Crippen LogP contribution in [0.4, 0.5) is 4.79 Å². The molecule has 0 saturated heterocycles. The third kappa shape index (κ3) is 3.26.